The zero-order chi connectivity index (χ0) is 45.0. The minimum Gasteiger partial charge on any atom is -0.363 e. The van der Waals surface area contributed by atoms with Crippen molar-refractivity contribution in [3.63, 3.8) is 0 Å². The van der Waals surface area contributed by atoms with Gasteiger partial charge in [-0.25, -0.2) is 39.9 Å². The first-order valence-corrected chi connectivity index (χ1v) is 21.1. The lowest BCUT2D eigenvalue weighted by molar-refractivity contribution is 0.594. The molecule has 0 saturated heterocycles. The van der Waals surface area contributed by atoms with Gasteiger partial charge in [0.25, 0.3) is 0 Å². The van der Waals surface area contributed by atoms with Crippen molar-refractivity contribution in [3.05, 3.63) is 173 Å². The van der Waals surface area contributed by atoms with E-state index in [1.807, 2.05) is 67.4 Å². The molecule has 0 saturated carbocycles. The summed E-state index contributed by atoms with van der Waals surface area (Å²) in [6.07, 6.45) is 18.3. The van der Waals surface area contributed by atoms with Gasteiger partial charge in [-0.05, 0) is 61.4 Å². The van der Waals surface area contributed by atoms with Crippen molar-refractivity contribution >= 4 is 29.1 Å². The Balaban J connectivity index is 0.000000151. The van der Waals surface area contributed by atoms with Crippen molar-refractivity contribution in [2.75, 3.05) is 28.6 Å². The second kappa shape index (κ2) is 21.2. The number of hydrogen-bond acceptors (Lipinski definition) is 16. The molecule has 0 aliphatic carbocycles. The number of halogens is 3. The fraction of sp³-hybridized carbons (Fsp3) is 0.217. The van der Waals surface area contributed by atoms with Crippen LogP contribution in [0.25, 0.3) is 22.8 Å². The smallest absolute Gasteiger partial charge is 0.207 e. The van der Waals surface area contributed by atoms with E-state index in [9.17, 15) is 4.39 Å². The molecule has 0 spiro atoms. The molecular weight excluding hydrogens is 850 g/mol. The van der Waals surface area contributed by atoms with Crippen LogP contribution in [-0.2, 0) is 39.0 Å². The van der Waals surface area contributed by atoms with Gasteiger partial charge in [0.2, 0.25) is 11.6 Å². The lowest BCUT2D eigenvalue weighted by Gasteiger charge is -2.29. The van der Waals surface area contributed by atoms with E-state index in [-0.39, 0.29) is 22.6 Å². The third-order valence-electron chi connectivity index (χ3n) is 10.3. The maximum atomic E-state index is 15.2. The Hall–Kier alpha value is -7.57. The summed E-state index contributed by atoms with van der Waals surface area (Å²) >= 11 is 5.60. The van der Waals surface area contributed by atoms with Gasteiger partial charge in [-0.3, -0.25) is 19.9 Å². The average molecular weight is 893 g/mol. The predicted molar refractivity (Wildman–Crippen MR) is 242 cm³/mol. The number of pyridine rings is 4. The molecule has 0 fully saturated rings. The van der Waals surface area contributed by atoms with Crippen molar-refractivity contribution in [2.45, 2.75) is 52.9 Å². The molecule has 0 radical (unpaired) electrons. The van der Waals surface area contributed by atoms with Crippen LogP contribution < -0.4 is 20.9 Å². The number of nitrogens with one attached hydrogen (secondary N) is 3. The summed E-state index contributed by atoms with van der Waals surface area (Å²) in [5, 5.41) is 8.96. The van der Waals surface area contributed by atoms with Crippen LogP contribution in [0.1, 0.15) is 45.0 Å². The number of aryl methyl sites for hydroxylation is 2. The average Bonchev–Trinajstić information content (AvgIpc) is 3.35. The molecule has 65 heavy (non-hydrogen) atoms. The second-order valence-corrected chi connectivity index (χ2v) is 15.3. The van der Waals surface area contributed by atoms with Gasteiger partial charge in [-0.15, -0.1) is 0 Å². The molecule has 2 aliphatic heterocycles. The number of anilines is 3. The highest BCUT2D eigenvalue weighted by Crippen LogP contribution is 2.27. The van der Waals surface area contributed by atoms with Crippen LogP contribution in [-0.4, -0.2) is 72.9 Å². The van der Waals surface area contributed by atoms with E-state index in [4.69, 9.17) is 11.6 Å². The Bertz CT molecular complexity index is 2830. The van der Waals surface area contributed by atoms with Gasteiger partial charge < -0.3 is 20.9 Å². The minimum atomic E-state index is -0.682. The van der Waals surface area contributed by atoms with Crippen molar-refractivity contribution in [3.8, 4) is 22.8 Å². The summed E-state index contributed by atoms with van der Waals surface area (Å²) in [4.78, 5) is 52.0. The Morgan fingerprint density at radius 1 is 0.615 bits per heavy atom. The molecule has 0 atom stereocenters. The zero-order valence-corrected chi connectivity index (χ0v) is 36.3. The molecule has 3 N–H and O–H groups in total. The highest BCUT2D eigenvalue weighted by atomic mass is 35.5. The van der Waals surface area contributed by atoms with Crippen molar-refractivity contribution < 1.29 is 8.78 Å². The van der Waals surface area contributed by atoms with Crippen LogP contribution in [0.5, 0.6) is 0 Å². The van der Waals surface area contributed by atoms with E-state index >= 15 is 4.39 Å². The highest BCUT2D eigenvalue weighted by molar-refractivity contribution is 6.29. The number of fused-ring (bicyclic) bond motifs is 2. The lowest BCUT2D eigenvalue weighted by atomic mass is 10.1. The zero-order valence-electron chi connectivity index (χ0n) is 35.5. The van der Waals surface area contributed by atoms with Crippen LogP contribution >= 0.6 is 11.6 Å². The summed E-state index contributed by atoms with van der Waals surface area (Å²) in [7, 11) is 0. The van der Waals surface area contributed by atoms with Gasteiger partial charge in [-0.1, -0.05) is 23.7 Å². The first-order chi connectivity index (χ1) is 31.8. The molecule has 0 aromatic carbocycles. The first kappa shape index (κ1) is 44.1. The summed E-state index contributed by atoms with van der Waals surface area (Å²) in [6.45, 7) is 7.78. The van der Waals surface area contributed by atoms with Crippen LogP contribution in [0.3, 0.4) is 0 Å². The Labute approximate surface area is 378 Å². The summed E-state index contributed by atoms with van der Waals surface area (Å²) in [5.74, 6) is 0.560. The third kappa shape index (κ3) is 11.5. The van der Waals surface area contributed by atoms with Gasteiger partial charge >= 0.3 is 0 Å². The molecule has 16 nitrogen and oxygen atoms in total. The standard InChI is InChI=1S/C23H21FN8.C15H12ClFN6.C8H10N2/c1-15-9-17(4-7-25-15)21-27-10-16(11-28-21)12-29-22-20(24)23(31-14-30-22)32-8-5-19-18(13-32)3-2-6-26-19;1-9-4-11(2-3-18-9)14-19-5-10(6-20-14)7-21-15-12(17)13(16)22-8-23-15;1-2-7-6-9-5-3-8(7)10-4-1/h2-4,6-7,9-11,14H,5,8,12-13H2,1H3,(H,29,30,31);2-6,8H,7H2,1H3,(H,21,22,23);1-2,4,9H,3,5-6H2. The second-order valence-electron chi connectivity index (χ2n) is 14.9. The maximum absolute atomic E-state index is 15.2. The lowest BCUT2D eigenvalue weighted by Crippen LogP contribution is -2.32. The Morgan fingerprint density at radius 2 is 1.17 bits per heavy atom. The Kier molecular flexibility index (Phi) is 14.4. The van der Waals surface area contributed by atoms with Gasteiger partial charge in [-0.2, -0.15) is 8.78 Å². The number of rotatable bonds is 9. The quantitative estimate of drug-likeness (QED) is 0.124. The van der Waals surface area contributed by atoms with Gasteiger partial charge in [0.15, 0.2) is 34.3 Å². The predicted octanol–water partition coefficient (Wildman–Crippen LogP) is 7.11. The van der Waals surface area contributed by atoms with E-state index < -0.39 is 11.6 Å². The van der Waals surface area contributed by atoms with E-state index in [1.54, 1.807) is 43.4 Å². The summed E-state index contributed by atoms with van der Waals surface area (Å²) in [5.41, 5.74) is 9.97. The molecule has 10 heterocycles. The number of aromatic nitrogens is 12. The van der Waals surface area contributed by atoms with E-state index in [0.29, 0.717) is 37.8 Å². The van der Waals surface area contributed by atoms with Crippen molar-refractivity contribution in [1.29, 1.82) is 0 Å². The van der Waals surface area contributed by atoms with Gasteiger partial charge in [0.05, 0.1) is 0 Å². The highest BCUT2D eigenvalue weighted by Gasteiger charge is 2.23. The number of hydrogen-bond donors (Lipinski definition) is 3. The summed E-state index contributed by atoms with van der Waals surface area (Å²) < 4.78 is 28.8. The molecule has 19 heteroatoms. The molecule has 8 aromatic heterocycles. The Morgan fingerprint density at radius 3 is 1.75 bits per heavy atom. The van der Waals surface area contributed by atoms with E-state index in [0.717, 1.165) is 70.8 Å². The first-order valence-electron chi connectivity index (χ1n) is 20.7. The van der Waals surface area contributed by atoms with Gasteiger partial charge in [0, 0.05) is 147 Å². The number of nitrogens with zero attached hydrogens (tertiary/aromatic N) is 13. The summed E-state index contributed by atoms with van der Waals surface area (Å²) in [6, 6.07) is 15.6. The molecule has 8 aromatic rings. The van der Waals surface area contributed by atoms with E-state index in [2.05, 4.69) is 81.8 Å². The molecule has 0 unspecified atom stereocenters. The van der Waals surface area contributed by atoms with Crippen LogP contribution in [0, 0.1) is 25.5 Å². The molecule has 2 aliphatic rings. The molecule has 328 valence electrons. The monoisotopic (exact) mass is 892 g/mol. The van der Waals surface area contributed by atoms with Crippen molar-refractivity contribution in [2.24, 2.45) is 0 Å². The minimum absolute atomic E-state index is 0.0406. The molecule has 0 amide bonds. The largest absolute Gasteiger partial charge is 0.363 e. The van der Waals surface area contributed by atoms with Crippen LogP contribution in [0.4, 0.5) is 26.2 Å². The fourth-order valence-electron chi connectivity index (χ4n) is 6.94. The van der Waals surface area contributed by atoms with E-state index in [1.165, 1.54) is 23.9 Å². The fourth-order valence-corrected chi connectivity index (χ4v) is 7.07. The topological polar surface area (TPSA) is 194 Å². The van der Waals surface area contributed by atoms with Crippen LogP contribution in [0.2, 0.25) is 5.15 Å². The third-order valence-corrected chi connectivity index (χ3v) is 10.5. The van der Waals surface area contributed by atoms with Gasteiger partial charge in [0.1, 0.15) is 12.7 Å². The van der Waals surface area contributed by atoms with Crippen LogP contribution in [0.15, 0.2) is 111 Å². The SMILES string of the molecule is Cc1cc(-c2ncc(CNc3ncnc(Cl)c3F)cn2)ccn1.Cc1cc(-c2ncc(CNc3ncnc(N4CCc5ncccc5C4)c3F)cn2)ccn1.c1cnc2c(c1)CNCC2. The molecule has 0 bridgehead atoms. The molecule has 10 rings (SSSR count). The van der Waals surface area contributed by atoms with Crippen molar-refractivity contribution in [1.82, 2.24) is 65.1 Å². The maximum Gasteiger partial charge on any atom is 0.207 e. The normalized spacial score (nSPS) is 12.7. The molecular formula is C46H43ClF2N16.